The molecule has 2 aromatic rings. The van der Waals surface area contributed by atoms with Gasteiger partial charge in [0.05, 0.1) is 18.7 Å². The highest BCUT2D eigenvalue weighted by molar-refractivity contribution is 6.29. The summed E-state index contributed by atoms with van der Waals surface area (Å²) < 4.78 is 6.50. The Morgan fingerprint density at radius 1 is 1.53 bits per heavy atom. The highest BCUT2D eigenvalue weighted by Crippen LogP contribution is 2.14. The molecule has 0 amide bonds. The highest BCUT2D eigenvalue weighted by Gasteiger charge is 2.10. The molecule has 0 aromatic carbocycles. The topological polar surface area (TPSA) is 56.5 Å². The Kier molecular flexibility index (Phi) is 3.28. The SMILES string of the molecule is CCOC(=O)Cc1cn2c(Cl)cc(C)nc2n1. The maximum atomic E-state index is 11.3. The summed E-state index contributed by atoms with van der Waals surface area (Å²) in [6.45, 7) is 3.97. The van der Waals surface area contributed by atoms with E-state index in [1.54, 1.807) is 23.6 Å². The molecule has 17 heavy (non-hydrogen) atoms. The summed E-state index contributed by atoms with van der Waals surface area (Å²) >= 11 is 6.04. The smallest absolute Gasteiger partial charge is 0.311 e. The second kappa shape index (κ2) is 4.71. The lowest BCUT2D eigenvalue weighted by atomic mass is 10.3. The van der Waals surface area contributed by atoms with Crippen LogP contribution >= 0.6 is 11.6 Å². The van der Waals surface area contributed by atoms with Crippen LogP contribution in [-0.2, 0) is 16.0 Å². The van der Waals surface area contributed by atoms with Crippen LogP contribution in [0.4, 0.5) is 0 Å². The maximum Gasteiger partial charge on any atom is 0.311 e. The van der Waals surface area contributed by atoms with Crippen LogP contribution in [0.5, 0.6) is 0 Å². The van der Waals surface area contributed by atoms with Crippen LogP contribution in [0.1, 0.15) is 18.3 Å². The number of halogens is 1. The van der Waals surface area contributed by atoms with Crippen molar-refractivity contribution >= 4 is 23.3 Å². The van der Waals surface area contributed by atoms with Gasteiger partial charge in [-0.1, -0.05) is 11.6 Å². The minimum atomic E-state index is -0.302. The van der Waals surface area contributed by atoms with Crippen LogP contribution in [0.2, 0.25) is 5.15 Å². The molecule has 90 valence electrons. The number of aryl methyl sites for hydroxylation is 1. The van der Waals surface area contributed by atoms with E-state index < -0.39 is 0 Å². The zero-order valence-corrected chi connectivity index (χ0v) is 10.4. The molecule has 0 radical (unpaired) electrons. The number of imidazole rings is 1. The molecule has 0 saturated heterocycles. The summed E-state index contributed by atoms with van der Waals surface area (Å²) in [5, 5.41) is 0.523. The van der Waals surface area contributed by atoms with Gasteiger partial charge in [0.15, 0.2) is 0 Å². The van der Waals surface area contributed by atoms with Gasteiger partial charge in [-0.05, 0) is 19.9 Å². The van der Waals surface area contributed by atoms with Crippen LogP contribution in [-0.4, -0.2) is 26.9 Å². The Labute approximate surface area is 103 Å². The van der Waals surface area contributed by atoms with Crippen molar-refractivity contribution in [3.05, 3.63) is 28.8 Å². The van der Waals surface area contributed by atoms with E-state index in [-0.39, 0.29) is 12.4 Å². The van der Waals surface area contributed by atoms with Crippen molar-refractivity contribution in [3.8, 4) is 0 Å². The fraction of sp³-hybridized carbons (Fsp3) is 0.364. The molecule has 2 heterocycles. The standard InChI is InChI=1S/C11H12ClN3O2/c1-3-17-10(16)5-8-6-15-9(12)4-7(2)13-11(15)14-8/h4,6H,3,5H2,1-2H3. The molecule has 0 aliphatic heterocycles. The number of fused-ring (bicyclic) bond motifs is 1. The number of nitrogens with zero attached hydrogens (tertiary/aromatic N) is 3. The summed E-state index contributed by atoms with van der Waals surface area (Å²) in [6.07, 6.45) is 1.83. The van der Waals surface area contributed by atoms with E-state index in [0.29, 0.717) is 23.2 Å². The molecule has 0 unspecified atom stereocenters. The Morgan fingerprint density at radius 3 is 3.00 bits per heavy atom. The van der Waals surface area contributed by atoms with Gasteiger partial charge in [-0.25, -0.2) is 9.97 Å². The molecule has 5 nitrogen and oxygen atoms in total. The first-order valence-electron chi connectivity index (χ1n) is 5.27. The quantitative estimate of drug-likeness (QED) is 0.618. The van der Waals surface area contributed by atoms with E-state index in [1.807, 2.05) is 6.92 Å². The van der Waals surface area contributed by atoms with Crippen molar-refractivity contribution in [2.45, 2.75) is 20.3 Å². The molecule has 0 saturated carbocycles. The fourth-order valence-corrected chi connectivity index (χ4v) is 1.81. The molecule has 6 heteroatoms. The van der Waals surface area contributed by atoms with Crippen LogP contribution in [0.3, 0.4) is 0 Å². The van der Waals surface area contributed by atoms with Crippen LogP contribution < -0.4 is 0 Å². The molecular weight excluding hydrogens is 242 g/mol. The number of hydrogen-bond donors (Lipinski definition) is 0. The first-order valence-corrected chi connectivity index (χ1v) is 5.64. The normalized spacial score (nSPS) is 10.8. The van der Waals surface area contributed by atoms with Crippen molar-refractivity contribution in [2.24, 2.45) is 0 Å². The number of ether oxygens (including phenoxy) is 1. The molecule has 0 fully saturated rings. The number of esters is 1. The van der Waals surface area contributed by atoms with Gasteiger partial charge >= 0.3 is 5.97 Å². The molecule has 0 aliphatic carbocycles. The van der Waals surface area contributed by atoms with Crippen molar-refractivity contribution < 1.29 is 9.53 Å². The molecule has 2 aromatic heterocycles. The van der Waals surface area contributed by atoms with Gasteiger partial charge in [-0.3, -0.25) is 9.20 Å². The summed E-state index contributed by atoms with van der Waals surface area (Å²) in [6, 6.07) is 1.74. The summed E-state index contributed by atoms with van der Waals surface area (Å²) in [5.74, 6) is 0.193. The third kappa shape index (κ3) is 2.55. The minimum Gasteiger partial charge on any atom is -0.466 e. The second-order valence-corrected chi connectivity index (χ2v) is 3.99. The summed E-state index contributed by atoms with van der Waals surface area (Å²) in [7, 11) is 0. The number of hydrogen-bond acceptors (Lipinski definition) is 4. The largest absolute Gasteiger partial charge is 0.466 e. The molecule has 0 N–H and O–H groups in total. The first kappa shape index (κ1) is 11.9. The van der Waals surface area contributed by atoms with E-state index in [0.717, 1.165) is 5.69 Å². The van der Waals surface area contributed by atoms with Crippen LogP contribution in [0.15, 0.2) is 12.3 Å². The zero-order valence-electron chi connectivity index (χ0n) is 9.61. The first-order chi connectivity index (χ1) is 8.10. The molecule has 0 atom stereocenters. The Hall–Kier alpha value is -1.62. The van der Waals surface area contributed by atoms with Crippen LogP contribution in [0.25, 0.3) is 5.78 Å². The predicted molar refractivity (Wildman–Crippen MR) is 63.1 cm³/mol. The summed E-state index contributed by atoms with van der Waals surface area (Å²) in [5.41, 5.74) is 1.39. The van der Waals surface area contributed by atoms with Crippen molar-refractivity contribution in [1.29, 1.82) is 0 Å². The van der Waals surface area contributed by atoms with Crippen molar-refractivity contribution in [2.75, 3.05) is 6.61 Å². The minimum absolute atomic E-state index is 0.132. The van der Waals surface area contributed by atoms with Gasteiger partial charge in [-0.15, -0.1) is 0 Å². The fourth-order valence-electron chi connectivity index (χ4n) is 1.53. The van der Waals surface area contributed by atoms with Gasteiger partial charge in [0, 0.05) is 11.9 Å². The average molecular weight is 254 g/mol. The predicted octanol–water partition coefficient (Wildman–Crippen LogP) is 1.80. The lowest BCUT2D eigenvalue weighted by Crippen LogP contribution is -2.07. The third-order valence-corrected chi connectivity index (χ3v) is 2.49. The molecular formula is C11H12ClN3O2. The average Bonchev–Trinajstić information content (AvgIpc) is 2.60. The van der Waals surface area contributed by atoms with Gasteiger partial charge in [0.1, 0.15) is 5.15 Å². The van der Waals surface area contributed by atoms with Gasteiger partial charge in [0.25, 0.3) is 0 Å². The second-order valence-electron chi connectivity index (χ2n) is 3.60. The highest BCUT2D eigenvalue weighted by atomic mass is 35.5. The Balaban J connectivity index is 2.32. The van der Waals surface area contributed by atoms with E-state index in [9.17, 15) is 4.79 Å². The summed E-state index contributed by atoms with van der Waals surface area (Å²) in [4.78, 5) is 19.8. The van der Waals surface area contributed by atoms with Gasteiger partial charge < -0.3 is 4.74 Å². The number of carbonyl (C=O) groups excluding carboxylic acids is 1. The van der Waals surface area contributed by atoms with Crippen molar-refractivity contribution in [1.82, 2.24) is 14.4 Å². The zero-order chi connectivity index (χ0) is 12.4. The van der Waals surface area contributed by atoms with E-state index >= 15 is 0 Å². The monoisotopic (exact) mass is 253 g/mol. The lowest BCUT2D eigenvalue weighted by molar-refractivity contribution is -0.142. The Bertz CT molecular complexity index is 565. The van der Waals surface area contributed by atoms with Crippen LogP contribution in [0, 0.1) is 6.92 Å². The van der Waals surface area contributed by atoms with Gasteiger partial charge in [-0.2, -0.15) is 0 Å². The molecule has 0 bridgehead atoms. The molecule has 0 aliphatic rings. The number of rotatable bonds is 3. The Morgan fingerprint density at radius 2 is 2.29 bits per heavy atom. The van der Waals surface area contributed by atoms with E-state index in [1.165, 1.54) is 0 Å². The third-order valence-electron chi connectivity index (χ3n) is 2.20. The maximum absolute atomic E-state index is 11.3. The van der Waals surface area contributed by atoms with Gasteiger partial charge in [0.2, 0.25) is 5.78 Å². The van der Waals surface area contributed by atoms with E-state index in [4.69, 9.17) is 16.3 Å². The van der Waals surface area contributed by atoms with Crippen molar-refractivity contribution in [3.63, 3.8) is 0 Å². The lowest BCUT2D eigenvalue weighted by Gasteiger charge is -1.97. The number of carbonyl (C=O) groups is 1. The molecule has 0 spiro atoms. The number of aromatic nitrogens is 3. The molecule has 2 rings (SSSR count). The van der Waals surface area contributed by atoms with E-state index in [2.05, 4.69) is 9.97 Å².